The summed E-state index contributed by atoms with van der Waals surface area (Å²) < 4.78 is 11.9. The van der Waals surface area contributed by atoms with Gasteiger partial charge in [-0.3, -0.25) is 9.69 Å². The summed E-state index contributed by atoms with van der Waals surface area (Å²) in [5.74, 6) is 0.762. The Hall–Kier alpha value is -2.79. The minimum Gasteiger partial charge on any atom is -0.478 e. The molecule has 3 aromatic carbocycles. The molecule has 1 aromatic heterocycles. The molecule has 0 bridgehead atoms. The Morgan fingerprint density at radius 3 is 2.35 bits per heavy atom. The third-order valence-corrected chi connectivity index (χ3v) is 6.07. The summed E-state index contributed by atoms with van der Waals surface area (Å²) in [5.41, 5.74) is 3.92. The van der Waals surface area contributed by atoms with E-state index in [9.17, 15) is 4.79 Å². The first kappa shape index (κ1) is 20.1. The molecule has 0 fully saturated rings. The zero-order valence-corrected chi connectivity index (χ0v) is 18.1. The third-order valence-electron chi connectivity index (χ3n) is 5.57. The fourth-order valence-corrected chi connectivity index (χ4v) is 4.12. The summed E-state index contributed by atoms with van der Waals surface area (Å²) in [6.07, 6.45) is 2.41. The van der Waals surface area contributed by atoms with Crippen LogP contribution in [0.2, 0.25) is 10.0 Å². The van der Waals surface area contributed by atoms with Gasteiger partial charge in [0.25, 0.3) is 0 Å². The van der Waals surface area contributed by atoms with Crippen LogP contribution in [0, 0.1) is 0 Å². The number of fused-ring (bicyclic) bond motifs is 3. The lowest BCUT2D eigenvalue weighted by Gasteiger charge is -2.29. The van der Waals surface area contributed by atoms with Gasteiger partial charge in [-0.25, -0.2) is 0 Å². The number of nitrogens with zero attached hydrogens (tertiary/aromatic N) is 1. The van der Waals surface area contributed by atoms with Crippen molar-refractivity contribution in [1.82, 2.24) is 4.90 Å². The zero-order valence-electron chi connectivity index (χ0n) is 16.6. The van der Waals surface area contributed by atoms with Crippen LogP contribution in [0.3, 0.4) is 0 Å². The molecule has 0 atom stereocenters. The Labute approximate surface area is 189 Å². The number of ether oxygens (including phenoxy) is 1. The van der Waals surface area contributed by atoms with Crippen molar-refractivity contribution in [2.75, 3.05) is 13.3 Å². The Kier molecular flexibility index (Phi) is 5.45. The van der Waals surface area contributed by atoms with Crippen molar-refractivity contribution in [2.24, 2.45) is 0 Å². The Balaban J connectivity index is 1.43. The molecule has 0 spiro atoms. The average Bonchev–Trinajstić information content (AvgIpc) is 2.79. The molecule has 5 rings (SSSR count). The smallest absolute Gasteiger partial charge is 0.200 e. The minimum absolute atomic E-state index is 0.0651. The van der Waals surface area contributed by atoms with Gasteiger partial charge < -0.3 is 9.15 Å². The van der Waals surface area contributed by atoms with E-state index in [-0.39, 0.29) is 5.43 Å². The molecule has 31 heavy (non-hydrogen) atoms. The second-order valence-corrected chi connectivity index (χ2v) is 8.48. The lowest BCUT2D eigenvalue weighted by Crippen LogP contribution is -2.33. The van der Waals surface area contributed by atoms with Gasteiger partial charge in [-0.15, -0.1) is 0 Å². The second kappa shape index (κ2) is 8.39. The zero-order chi connectivity index (χ0) is 21.4. The Bertz CT molecular complexity index is 1300. The van der Waals surface area contributed by atoms with Crippen LogP contribution in [0.25, 0.3) is 22.1 Å². The minimum atomic E-state index is -0.0651. The van der Waals surface area contributed by atoms with E-state index in [1.54, 1.807) is 18.2 Å². The van der Waals surface area contributed by atoms with E-state index in [2.05, 4.69) is 4.90 Å². The van der Waals surface area contributed by atoms with Crippen molar-refractivity contribution in [3.63, 3.8) is 0 Å². The van der Waals surface area contributed by atoms with E-state index in [1.165, 1.54) is 11.8 Å². The highest BCUT2D eigenvalue weighted by Gasteiger charge is 2.22. The molecule has 6 heteroatoms. The van der Waals surface area contributed by atoms with Crippen LogP contribution >= 0.6 is 23.2 Å². The second-order valence-electron chi connectivity index (χ2n) is 7.61. The van der Waals surface area contributed by atoms with Crippen molar-refractivity contribution in [2.45, 2.75) is 13.0 Å². The molecule has 0 amide bonds. The monoisotopic (exact) mass is 451 g/mol. The number of hydrogen-bond acceptors (Lipinski definition) is 4. The summed E-state index contributed by atoms with van der Waals surface area (Å²) in [6.45, 7) is 1.98. The molecular formula is C25H19Cl2NO3. The molecule has 1 aliphatic rings. The van der Waals surface area contributed by atoms with E-state index in [4.69, 9.17) is 32.4 Å². The van der Waals surface area contributed by atoms with Crippen LogP contribution in [-0.4, -0.2) is 18.2 Å². The number of benzene rings is 3. The normalized spacial score (nSPS) is 13.7. The largest absolute Gasteiger partial charge is 0.478 e. The molecule has 0 unspecified atom stereocenters. The third kappa shape index (κ3) is 4.07. The summed E-state index contributed by atoms with van der Waals surface area (Å²) in [6, 6.07) is 18.7. The molecule has 0 aliphatic carbocycles. The van der Waals surface area contributed by atoms with Crippen LogP contribution in [-0.2, 0) is 13.0 Å². The SMILES string of the molecule is O=c1c(-c2ccc(Cl)cc2)coc2c3c(ccc12)OCN(CCc1ccc(Cl)cc1)C3. The van der Waals surface area contributed by atoms with Gasteiger partial charge >= 0.3 is 0 Å². The predicted molar refractivity (Wildman–Crippen MR) is 124 cm³/mol. The lowest BCUT2D eigenvalue weighted by atomic mass is 10.0. The topological polar surface area (TPSA) is 42.7 Å². The summed E-state index contributed by atoms with van der Waals surface area (Å²) in [5, 5.41) is 1.91. The fraction of sp³-hybridized carbons (Fsp3) is 0.160. The van der Waals surface area contributed by atoms with E-state index >= 15 is 0 Å². The van der Waals surface area contributed by atoms with E-state index < -0.39 is 0 Å². The highest BCUT2D eigenvalue weighted by molar-refractivity contribution is 6.30. The molecule has 0 radical (unpaired) electrons. The lowest BCUT2D eigenvalue weighted by molar-refractivity contribution is 0.0968. The molecule has 4 nitrogen and oxygen atoms in total. The molecule has 2 heterocycles. The Morgan fingerprint density at radius 2 is 1.61 bits per heavy atom. The molecule has 156 valence electrons. The summed E-state index contributed by atoms with van der Waals surface area (Å²) in [7, 11) is 0. The van der Waals surface area contributed by atoms with Gasteiger partial charge in [0, 0.05) is 23.1 Å². The van der Waals surface area contributed by atoms with E-state index in [0.717, 1.165) is 34.9 Å². The highest BCUT2D eigenvalue weighted by atomic mass is 35.5. The van der Waals surface area contributed by atoms with Gasteiger partial charge in [0.1, 0.15) is 24.3 Å². The molecule has 4 aromatic rings. The van der Waals surface area contributed by atoms with E-state index in [1.807, 2.05) is 42.5 Å². The highest BCUT2D eigenvalue weighted by Crippen LogP contribution is 2.32. The van der Waals surface area contributed by atoms with Crippen molar-refractivity contribution >= 4 is 34.2 Å². The van der Waals surface area contributed by atoms with Crippen LogP contribution in [0.15, 0.2) is 76.1 Å². The first-order chi connectivity index (χ1) is 15.1. The maximum Gasteiger partial charge on any atom is 0.200 e. The standard InChI is InChI=1S/C25H19Cl2NO3/c26-18-5-1-16(2-6-18)11-12-28-13-21-23(31-15-28)10-9-20-24(29)22(14-30-25(20)21)17-3-7-19(27)8-4-17/h1-10,14H,11-13,15H2. The van der Waals surface area contributed by atoms with Gasteiger partial charge in [-0.2, -0.15) is 0 Å². The van der Waals surface area contributed by atoms with Crippen molar-refractivity contribution in [3.8, 4) is 16.9 Å². The molecule has 0 saturated heterocycles. The van der Waals surface area contributed by atoms with Crippen LogP contribution in [0.1, 0.15) is 11.1 Å². The van der Waals surface area contributed by atoms with Crippen molar-refractivity contribution < 1.29 is 9.15 Å². The molecular weight excluding hydrogens is 433 g/mol. The maximum absolute atomic E-state index is 13.2. The average molecular weight is 452 g/mol. The number of halogens is 2. The first-order valence-corrected chi connectivity index (χ1v) is 10.8. The molecule has 0 saturated carbocycles. The van der Waals surface area contributed by atoms with Crippen LogP contribution < -0.4 is 10.2 Å². The molecule has 0 N–H and O–H groups in total. The number of hydrogen-bond donors (Lipinski definition) is 0. The maximum atomic E-state index is 13.2. The fourth-order valence-electron chi connectivity index (χ4n) is 3.87. The Morgan fingerprint density at radius 1 is 0.903 bits per heavy atom. The summed E-state index contributed by atoms with van der Waals surface area (Å²) >= 11 is 11.9. The van der Waals surface area contributed by atoms with Gasteiger partial charge in [-0.1, -0.05) is 47.5 Å². The quantitative estimate of drug-likeness (QED) is 0.372. The van der Waals surface area contributed by atoms with Gasteiger partial charge in [-0.05, 0) is 53.9 Å². The van der Waals surface area contributed by atoms with Crippen molar-refractivity contribution in [3.05, 3.63) is 98.3 Å². The first-order valence-electron chi connectivity index (χ1n) is 10.0. The number of rotatable bonds is 4. The van der Waals surface area contributed by atoms with E-state index in [0.29, 0.717) is 34.8 Å². The van der Waals surface area contributed by atoms with Crippen molar-refractivity contribution in [1.29, 1.82) is 0 Å². The van der Waals surface area contributed by atoms with Gasteiger partial charge in [0.05, 0.1) is 16.5 Å². The van der Waals surface area contributed by atoms with Gasteiger partial charge in [0.2, 0.25) is 5.43 Å². The predicted octanol–water partition coefficient (Wildman–Crippen LogP) is 6.16. The molecule has 1 aliphatic heterocycles. The summed E-state index contributed by atoms with van der Waals surface area (Å²) in [4.78, 5) is 15.4. The van der Waals surface area contributed by atoms with Crippen LogP contribution in [0.5, 0.6) is 5.75 Å². The van der Waals surface area contributed by atoms with Crippen LogP contribution in [0.4, 0.5) is 0 Å². The van der Waals surface area contributed by atoms with Gasteiger partial charge in [0.15, 0.2) is 0 Å².